The number of sulfone groups is 1. The van der Waals surface area contributed by atoms with Crippen molar-refractivity contribution in [3.63, 3.8) is 0 Å². The number of carbonyl (C=O) groups excluding carboxylic acids is 1. The van der Waals surface area contributed by atoms with Crippen molar-refractivity contribution in [3.8, 4) is 6.07 Å². The number of aryl methyl sites for hydroxylation is 1. The second-order valence-corrected chi connectivity index (χ2v) is 9.15. The second kappa shape index (κ2) is 7.34. The fourth-order valence-electron chi connectivity index (χ4n) is 3.39. The summed E-state index contributed by atoms with van der Waals surface area (Å²) in [5.74, 6) is -0.191. The fraction of sp³-hybridized carbons (Fsp3) is 0.0909. The number of fused-ring (bicyclic) bond motifs is 1. The van der Waals surface area contributed by atoms with Gasteiger partial charge in [0.1, 0.15) is 0 Å². The Labute approximate surface area is 179 Å². The summed E-state index contributed by atoms with van der Waals surface area (Å²) in [6, 6.07) is 11.7. The normalized spacial score (nSPS) is 14.5. The summed E-state index contributed by atoms with van der Waals surface area (Å²) in [6.45, 7) is 1.80. The molecule has 9 heteroatoms. The topological polar surface area (TPSA) is 130 Å². The van der Waals surface area contributed by atoms with Crippen LogP contribution in [0.15, 0.2) is 53.7 Å². The Balaban J connectivity index is 1.89. The Bertz CT molecular complexity index is 1390. The molecule has 0 unspecified atom stereocenters. The molecule has 1 aromatic heterocycles. The average Bonchev–Trinajstić information content (AvgIpc) is 2.99. The lowest BCUT2D eigenvalue weighted by Gasteiger charge is -2.18. The molecule has 1 aliphatic rings. The van der Waals surface area contributed by atoms with E-state index in [-0.39, 0.29) is 16.8 Å². The molecule has 8 nitrogen and oxygen atoms in total. The maximum atomic E-state index is 13.4. The summed E-state index contributed by atoms with van der Waals surface area (Å²) >= 11 is 0. The molecule has 0 spiro atoms. The molecular weight excluding hydrogens is 414 g/mol. The van der Waals surface area contributed by atoms with Crippen LogP contribution in [0.2, 0.25) is 0 Å². The van der Waals surface area contributed by atoms with E-state index < -0.39 is 9.84 Å². The molecule has 0 fully saturated rings. The van der Waals surface area contributed by atoms with Crippen LogP contribution in [0, 0.1) is 18.3 Å². The first-order valence-electron chi connectivity index (χ1n) is 9.18. The number of nitrogens with zero attached hydrogens (tertiary/aromatic N) is 4. The van der Waals surface area contributed by atoms with Crippen molar-refractivity contribution in [2.45, 2.75) is 11.8 Å². The van der Waals surface area contributed by atoms with Crippen molar-refractivity contribution in [1.82, 2.24) is 9.97 Å². The third-order valence-electron chi connectivity index (χ3n) is 4.95. The van der Waals surface area contributed by atoms with Gasteiger partial charge in [0.15, 0.2) is 9.84 Å². The van der Waals surface area contributed by atoms with E-state index in [0.29, 0.717) is 33.6 Å². The predicted octanol–water partition coefficient (Wildman–Crippen LogP) is 2.86. The number of hydrogen-bond donors (Lipinski definition) is 1. The number of nitriles is 1. The first-order valence-corrected chi connectivity index (χ1v) is 11.1. The van der Waals surface area contributed by atoms with Crippen LogP contribution in [0.4, 0.5) is 17.3 Å². The molecular formula is C22H17N5O3S. The Morgan fingerprint density at radius 3 is 2.35 bits per heavy atom. The van der Waals surface area contributed by atoms with E-state index in [4.69, 9.17) is 5.73 Å². The van der Waals surface area contributed by atoms with Gasteiger partial charge in [-0.2, -0.15) is 5.26 Å². The quantitative estimate of drug-likeness (QED) is 0.631. The summed E-state index contributed by atoms with van der Waals surface area (Å²) in [5.41, 5.74) is 9.38. The van der Waals surface area contributed by atoms with Gasteiger partial charge in [-0.25, -0.2) is 18.4 Å². The summed E-state index contributed by atoms with van der Waals surface area (Å²) in [7, 11) is -3.36. The largest absolute Gasteiger partial charge is 0.368 e. The van der Waals surface area contributed by atoms with Crippen LogP contribution in [-0.4, -0.2) is 30.5 Å². The summed E-state index contributed by atoms with van der Waals surface area (Å²) < 4.78 is 23.6. The molecule has 2 N–H and O–H groups in total. The highest BCUT2D eigenvalue weighted by molar-refractivity contribution is 7.90. The fourth-order valence-corrected chi connectivity index (χ4v) is 4.02. The second-order valence-electron chi connectivity index (χ2n) is 7.14. The van der Waals surface area contributed by atoms with Gasteiger partial charge < -0.3 is 5.73 Å². The zero-order valence-electron chi connectivity index (χ0n) is 16.7. The van der Waals surface area contributed by atoms with Crippen LogP contribution in [0.3, 0.4) is 0 Å². The van der Waals surface area contributed by atoms with E-state index in [1.54, 1.807) is 37.3 Å². The zero-order chi connectivity index (χ0) is 22.3. The highest BCUT2D eigenvalue weighted by Crippen LogP contribution is 2.43. The first kappa shape index (κ1) is 20.3. The molecule has 4 rings (SSSR count). The van der Waals surface area contributed by atoms with E-state index in [1.807, 2.05) is 0 Å². The van der Waals surface area contributed by atoms with Crippen molar-refractivity contribution in [2.75, 3.05) is 16.9 Å². The first-order chi connectivity index (χ1) is 14.7. The van der Waals surface area contributed by atoms with Gasteiger partial charge in [-0.3, -0.25) is 9.69 Å². The number of nitrogen functional groups attached to an aromatic ring is 1. The summed E-state index contributed by atoms with van der Waals surface area (Å²) in [4.78, 5) is 23.0. The predicted molar refractivity (Wildman–Crippen MR) is 117 cm³/mol. The minimum Gasteiger partial charge on any atom is -0.368 e. The monoisotopic (exact) mass is 431 g/mol. The van der Waals surface area contributed by atoms with Gasteiger partial charge >= 0.3 is 0 Å². The lowest BCUT2D eigenvalue weighted by molar-refractivity contribution is -0.112. The number of rotatable bonds is 3. The highest BCUT2D eigenvalue weighted by atomic mass is 32.2. The average molecular weight is 431 g/mol. The van der Waals surface area contributed by atoms with E-state index in [2.05, 4.69) is 16.0 Å². The smallest absolute Gasteiger partial charge is 0.263 e. The third-order valence-corrected chi connectivity index (χ3v) is 6.08. The molecule has 0 atom stereocenters. The number of hydrogen-bond acceptors (Lipinski definition) is 7. The van der Waals surface area contributed by atoms with Gasteiger partial charge in [-0.05, 0) is 55.0 Å². The van der Waals surface area contributed by atoms with Crippen molar-refractivity contribution >= 4 is 44.7 Å². The number of nitrogens with two attached hydrogens (primary N) is 1. The minimum absolute atomic E-state index is 0.121. The molecule has 1 amide bonds. The van der Waals surface area contributed by atoms with Gasteiger partial charge in [-0.15, -0.1) is 0 Å². The maximum Gasteiger partial charge on any atom is 0.263 e. The molecule has 0 radical (unpaired) electrons. The third kappa shape index (κ3) is 3.65. The van der Waals surface area contributed by atoms with Gasteiger partial charge in [0.05, 0.1) is 27.8 Å². The summed E-state index contributed by atoms with van der Waals surface area (Å²) in [5, 5.41) is 9.45. The van der Waals surface area contributed by atoms with Crippen LogP contribution in [-0.2, 0) is 14.6 Å². The molecule has 0 saturated heterocycles. The van der Waals surface area contributed by atoms with Gasteiger partial charge in [0.25, 0.3) is 5.91 Å². The van der Waals surface area contributed by atoms with Crippen LogP contribution in [0.1, 0.15) is 22.3 Å². The van der Waals surface area contributed by atoms with E-state index in [0.717, 1.165) is 11.8 Å². The van der Waals surface area contributed by atoms with Crippen LogP contribution < -0.4 is 10.6 Å². The molecule has 0 bridgehead atoms. The van der Waals surface area contributed by atoms with Gasteiger partial charge in [0.2, 0.25) is 5.95 Å². The molecule has 1 aliphatic heterocycles. The Hall–Kier alpha value is -4.03. The Morgan fingerprint density at radius 1 is 1.13 bits per heavy atom. The van der Waals surface area contributed by atoms with E-state index in [1.165, 1.54) is 29.4 Å². The molecule has 31 heavy (non-hydrogen) atoms. The van der Waals surface area contributed by atoms with E-state index >= 15 is 0 Å². The lowest BCUT2D eigenvalue weighted by atomic mass is 9.99. The standard InChI is InChI=1S/C22H17N5O3S/c1-13-7-20-18(9-15(13)10-23)19(8-14-11-25-22(24)26-12-14)21(28)27(20)16-3-5-17(6-4-16)31(2,29)30/h3-9,11-12H,1-2H3,(H2,24,25,26)/b19-8-. The Morgan fingerprint density at radius 2 is 1.77 bits per heavy atom. The van der Waals surface area contributed by atoms with Crippen LogP contribution in [0.5, 0.6) is 0 Å². The van der Waals surface area contributed by atoms with Crippen LogP contribution in [0.25, 0.3) is 11.6 Å². The number of anilines is 3. The van der Waals surface area contributed by atoms with Crippen LogP contribution >= 0.6 is 0 Å². The van der Waals surface area contributed by atoms with Crippen molar-refractivity contribution in [1.29, 1.82) is 5.26 Å². The minimum atomic E-state index is -3.36. The van der Waals surface area contributed by atoms with Crippen molar-refractivity contribution in [2.24, 2.45) is 0 Å². The lowest BCUT2D eigenvalue weighted by Crippen LogP contribution is -2.20. The zero-order valence-corrected chi connectivity index (χ0v) is 17.5. The van der Waals surface area contributed by atoms with Gasteiger partial charge in [0, 0.05) is 35.5 Å². The number of carbonyl (C=O) groups is 1. The molecule has 154 valence electrons. The number of aromatic nitrogens is 2. The Kier molecular flexibility index (Phi) is 4.79. The van der Waals surface area contributed by atoms with Crippen molar-refractivity contribution < 1.29 is 13.2 Å². The molecule has 3 aromatic rings. The summed E-state index contributed by atoms with van der Waals surface area (Å²) in [6.07, 6.45) is 5.78. The van der Waals surface area contributed by atoms with Crippen molar-refractivity contribution in [3.05, 3.63) is 71.0 Å². The molecule has 2 aromatic carbocycles. The maximum absolute atomic E-state index is 13.4. The SMILES string of the molecule is Cc1cc2c(cc1C#N)/C(=C/c1cnc(N)nc1)C(=O)N2c1ccc(S(C)(=O)=O)cc1. The number of amides is 1. The highest BCUT2D eigenvalue weighted by Gasteiger charge is 2.34. The van der Waals surface area contributed by atoms with E-state index in [9.17, 15) is 18.5 Å². The number of benzene rings is 2. The molecule has 0 aliphatic carbocycles. The van der Waals surface area contributed by atoms with Gasteiger partial charge in [-0.1, -0.05) is 0 Å². The molecule has 2 heterocycles. The molecule has 0 saturated carbocycles.